The molecular formula is C19H25N3O5S. The van der Waals surface area contributed by atoms with Gasteiger partial charge in [-0.05, 0) is 44.0 Å². The SMILES string of the molecule is CCOC(=O)c1nn(C)c2c1CN(S(=O)(=O)c1cc(C)c(C)cc1OC)CC2. The van der Waals surface area contributed by atoms with Crippen LogP contribution in [0, 0.1) is 13.8 Å². The number of esters is 1. The largest absolute Gasteiger partial charge is 0.495 e. The number of rotatable bonds is 5. The summed E-state index contributed by atoms with van der Waals surface area (Å²) in [6.07, 6.45) is 0.463. The molecule has 0 saturated heterocycles. The lowest BCUT2D eigenvalue weighted by Gasteiger charge is -2.27. The minimum Gasteiger partial charge on any atom is -0.495 e. The number of carbonyl (C=O) groups excluding carboxylic acids is 1. The second-order valence-electron chi connectivity index (χ2n) is 6.79. The molecule has 152 valence electrons. The molecule has 0 amide bonds. The molecule has 0 radical (unpaired) electrons. The van der Waals surface area contributed by atoms with E-state index >= 15 is 0 Å². The fourth-order valence-corrected chi connectivity index (χ4v) is 5.03. The Balaban J connectivity index is 2.02. The highest BCUT2D eigenvalue weighted by Crippen LogP contribution is 2.33. The molecule has 0 bridgehead atoms. The summed E-state index contributed by atoms with van der Waals surface area (Å²) in [5, 5.41) is 4.26. The molecule has 0 fully saturated rings. The molecule has 1 aliphatic heterocycles. The highest BCUT2D eigenvalue weighted by Gasteiger charge is 2.35. The highest BCUT2D eigenvalue weighted by atomic mass is 32.2. The Labute approximate surface area is 165 Å². The molecule has 0 aliphatic carbocycles. The van der Waals surface area contributed by atoms with Crippen LogP contribution >= 0.6 is 0 Å². The van der Waals surface area contributed by atoms with Crippen molar-refractivity contribution in [1.82, 2.24) is 14.1 Å². The number of methoxy groups -OCH3 is 1. The van der Waals surface area contributed by atoms with Crippen LogP contribution in [0.5, 0.6) is 5.75 Å². The number of sulfonamides is 1. The van der Waals surface area contributed by atoms with Crippen LogP contribution in [0.25, 0.3) is 0 Å². The van der Waals surface area contributed by atoms with E-state index in [0.717, 1.165) is 16.8 Å². The van der Waals surface area contributed by atoms with Crippen LogP contribution in [-0.2, 0) is 34.8 Å². The molecule has 1 aromatic heterocycles. The summed E-state index contributed by atoms with van der Waals surface area (Å²) in [5.74, 6) is -0.229. The third-order valence-corrected chi connectivity index (χ3v) is 6.94. The average molecular weight is 407 g/mol. The Morgan fingerprint density at radius 3 is 2.57 bits per heavy atom. The molecule has 0 atom stereocenters. The first-order valence-electron chi connectivity index (χ1n) is 9.08. The van der Waals surface area contributed by atoms with Gasteiger partial charge in [-0.15, -0.1) is 0 Å². The van der Waals surface area contributed by atoms with Crippen LogP contribution in [0.3, 0.4) is 0 Å². The zero-order valence-corrected chi connectivity index (χ0v) is 17.6. The molecule has 1 aliphatic rings. The Bertz CT molecular complexity index is 1030. The van der Waals surface area contributed by atoms with E-state index < -0.39 is 16.0 Å². The summed E-state index contributed by atoms with van der Waals surface area (Å²) in [5.41, 5.74) is 3.44. The first-order chi connectivity index (χ1) is 13.2. The minimum absolute atomic E-state index is 0.0652. The Kier molecular flexibility index (Phi) is 5.49. The van der Waals surface area contributed by atoms with Crippen molar-refractivity contribution < 1.29 is 22.7 Å². The van der Waals surface area contributed by atoms with Crippen LogP contribution in [-0.4, -0.2) is 48.7 Å². The van der Waals surface area contributed by atoms with E-state index in [1.54, 1.807) is 30.8 Å². The van der Waals surface area contributed by atoms with Crippen LogP contribution in [0.1, 0.15) is 39.8 Å². The standard InChI is InChI=1S/C19H25N3O5S/c1-6-27-19(23)18-14-11-22(8-7-15(14)21(4)20-18)28(24,25)17-10-13(3)12(2)9-16(17)26-5/h9-10H,6-8,11H2,1-5H3. The zero-order valence-electron chi connectivity index (χ0n) is 16.8. The van der Waals surface area contributed by atoms with Crippen molar-refractivity contribution in [3.05, 3.63) is 40.2 Å². The number of hydrogen-bond acceptors (Lipinski definition) is 6. The summed E-state index contributed by atoms with van der Waals surface area (Å²) in [6, 6.07) is 3.36. The molecule has 3 rings (SSSR count). The van der Waals surface area contributed by atoms with Crippen molar-refractivity contribution in [2.45, 2.75) is 38.6 Å². The molecule has 28 heavy (non-hydrogen) atoms. The van der Waals surface area contributed by atoms with Crippen LogP contribution < -0.4 is 4.74 Å². The summed E-state index contributed by atoms with van der Waals surface area (Å²) >= 11 is 0. The van der Waals surface area contributed by atoms with Gasteiger partial charge in [-0.2, -0.15) is 9.40 Å². The maximum Gasteiger partial charge on any atom is 0.359 e. The number of ether oxygens (including phenoxy) is 2. The second-order valence-corrected chi connectivity index (χ2v) is 8.70. The van der Waals surface area contributed by atoms with Crippen molar-refractivity contribution in [1.29, 1.82) is 0 Å². The van der Waals surface area contributed by atoms with Crippen molar-refractivity contribution >= 4 is 16.0 Å². The van der Waals surface area contributed by atoms with Gasteiger partial charge in [0.25, 0.3) is 0 Å². The first-order valence-corrected chi connectivity index (χ1v) is 10.5. The summed E-state index contributed by atoms with van der Waals surface area (Å²) in [7, 11) is -0.609. The van der Waals surface area contributed by atoms with Crippen LogP contribution in [0.2, 0.25) is 0 Å². The number of aromatic nitrogens is 2. The van der Waals surface area contributed by atoms with Gasteiger partial charge in [0, 0.05) is 37.8 Å². The topological polar surface area (TPSA) is 90.7 Å². The van der Waals surface area contributed by atoms with Gasteiger partial charge in [0.1, 0.15) is 10.6 Å². The molecule has 9 heteroatoms. The lowest BCUT2D eigenvalue weighted by atomic mass is 10.1. The van der Waals surface area contributed by atoms with Gasteiger partial charge in [-0.3, -0.25) is 4.68 Å². The second kappa shape index (κ2) is 7.56. The van der Waals surface area contributed by atoms with E-state index in [9.17, 15) is 13.2 Å². The maximum absolute atomic E-state index is 13.4. The van der Waals surface area contributed by atoms with Crippen molar-refractivity contribution in [3.63, 3.8) is 0 Å². The quantitative estimate of drug-likeness (QED) is 0.704. The van der Waals surface area contributed by atoms with E-state index in [0.29, 0.717) is 24.3 Å². The van der Waals surface area contributed by atoms with Crippen molar-refractivity contribution in [3.8, 4) is 5.75 Å². The Morgan fingerprint density at radius 1 is 1.25 bits per heavy atom. The van der Waals surface area contributed by atoms with E-state index in [1.807, 2.05) is 13.8 Å². The summed E-state index contributed by atoms with van der Waals surface area (Å²) in [6.45, 7) is 6.08. The van der Waals surface area contributed by atoms with Gasteiger partial charge in [0.05, 0.1) is 13.7 Å². The Hall–Kier alpha value is -2.39. The number of fused-ring (bicyclic) bond motifs is 1. The Morgan fingerprint density at radius 2 is 1.93 bits per heavy atom. The predicted octanol–water partition coefficient (Wildman–Crippen LogP) is 1.97. The normalized spacial score (nSPS) is 14.6. The van der Waals surface area contributed by atoms with Crippen LogP contribution in [0.15, 0.2) is 17.0 Å². The van der Waals surface area contributed by atoms with Crippen LogP contribution in [0.4, 0.5) is 0 Å². The van der Waals surface area contributed by atoms with Gasteiger partial charge < -0.3 is 9.47 Å². The highest BCUT2D eigenvalue weighted by molar-refractivity contribution is 7.89. The third kappa shape index (κ3) is 3.40. The molecule has 0 saturated carbocycles. The van der Waals surface area contributed by atoms with Crippen molar-refractivity contribution in [2.75, 3.05) is 20.3 Å². The van der Waals surface area contributed by atoms with Gasteiger partial charge in [-0.25, -0.2) is 13.2 Å². The summed E-state index contributed by atoms with van der Waals surface area (Å²) in [4.78, 5) is 12.4. The molecule has 8 nitrogen and oxygen atoms in total. The van der Waals surface area contributed by atoms with E-state index in [1.165, 1.54) is 11.4 Å². The van der Waals surface area contributed by atoms with Gasteiger partial charge >= 0.3 is 5.97 Å². The lowest BCUT2D eigenvalue weighted by molar-refractivity contribution is 0.0516. The zero-order chi connectivity index (χ0) is 20.6. The third-order valence-electron chi connectivity index (χ3n) is 5.07. The average Bonchev–Trinajstić information content (AvgIpc) is 3.00. The van der Waals surface area contributed by atoms with E-state index in [2.05, 4.69) is 5.10 Å². The molecule has 2 heterocycles. The van der Waals surface area contributed by atoms with Gasteiger partial charge in [0.15, 0.2) is 5.69 Å². The minimum atomic E-state index is -3.81. The maximum atomic E-state index is 13.4. The fraction of sp³-hybridized carbons (Fsp3) is 0.474. The van der Waals surface area contributed by atoms with E-state index in [4.69, 9.17) is 9.47 Å². The number of carbonyl (C=O) groups is 1. The molecule has 0 unspecified atom stereocenters. The number of hydrogen-bond donors (Lipinski definition) is 0. The molecule has 1 aromatic carbocycles. The smallest absolute Gasteiger partial charge is 0.359 e. The number of aryl methyl sites for hydroxylation is 3. The van der Waals surface area contributed by atoms with Crippen molar-refractivity contribution in [2.24, 2.45) is 7.05 Å². The van der Waals surface area contributed by atoms with Gasteiger partial charge in [0.2, 0.25) is 10.0 Å². The van der Waals surface area contributed by atoms with Gasteiger partial charge in [-0.1, -0.05) is 0 Å². The molecule has 2 aromatic rings. The molecule has 0 spiro atoms. The molecule has 0 N–H and O–H groups in total. The lowest BCUT2D eigenvalue weighted by Crippen LogP contribution is -2.37. The molecular weight excluding hydrogens is 382 g/mol. The monoisotopic (exact) mass is 407 g/mol. The first kappa shape index (κ1) is 20.3. The fourth-order valence-electron chi connectivity index (χ4n) is 3.40. The number of benzene rings is 1. The summed E-state index contributed by atoms with van der Waals surface area (Å²) < 4.78 is 40.1. The van der Waals surface area contributed by atoms with E-state index in [-0.39, 0.29) is 23.7 Å². The predicted molar refractivity (Wildman–Crippen MR) is 103 cm³/mol. The number of nitrogens with zero attached hydrogens (tertiary/aromatic N) is 3.